The summed E-state index contributed by atoms with van der Waals surface area (Å²) in [7, 11) is 0. The summed E-state index contributed by atoms with van der Waals surface area (Å²) in [5, 5.41) is 18.6. The molecule has 0 aliphatic heterocycles. The molecule has 0 atom stereocenters. The Labute approximate surface area is 104 Å². The van der Waals surface area contributed by atoms with E-state index >= 15 is 0 Å². The number of nitriles is 1. The van der Waals surface area contributed by atoms with Gasteiger partial charge in [-0.1, -0.05) is 6.07 Å². The number of nitrogens with zero attached hydrogens (tertiary/aromatic N) is 4. The number of carbonyl (C=O) groups is 1. The fourth-order valence-corrected chi connectivity index (χ4v) is 1.51. The molecular weight excluding hydrogens is 230 g/mol. The standard InChI is InChI=1S/C12H11N5O/c1-9-2-3-10(17-7-14-15-8-17)6-11(9)16-12(18)4-5-13/h2-3,6-8H,4H2,1H3,(H,16,18). The number of amides is 1. The van der Waals surface area contributed by atoms with Gasteiger partial charge in [0.1, 0.15) is 19.1 Å². The summed E-state index contributed by atoms with van der Waals surface area (Å²) in [6.07, 6.45) is 2.99. The van der Waals surface area contributed by atoms with Crippen molar-refractivity contribution in [3.05, 3.63) is 36.4 Å². The summed E-state index contributed by atoms with van der Waals surface area (Å²) in [4.78, 5) is 11.4. The Balaban J connectivity index is 2.28. The molecule has 18 heavy (non-hydrogen) atoms. The lowest BCUT2D eigenvalue weighted by molar-refractivity contribution is -0.115. The van der Waals surface area contributed by atoms with Crippen molar-refractivity contribution in [1.29, 1.82) is 5.26 Å². The first-order valence-corrected chi connectivity index (χ1v) is 5.33. The van der Waals surface area contributed by atoms with Crippen LogP contribution in [-0.4, -0.2) is 20.7 Å². The predicted octanol–water partition coefficient (Wildman–Crippen LogP) is 1.43. The van der Waals surface area contributed by atoms with Crippen molar-refractivity contribution in [3.63, 3.8) is 0 Å². The number of hydrogen-bond donors (Lipinski definition) is 1. The fraction of sp³-hybridized carbons (Fsp3) is 0.167. The molecule has 0 bridgehead atoms. The Morgan fingerprint density at radius 1 is 1.44 bits per heavy atom. The molecule has 0 unspecified atom stereocenters. The lowest BCUT2D eigenvalue weighted by atomic mass is 10.1. The van der Waals surface area contributed by atoms with Crippen molar-refractivity contribution >= 4 is 11.6 Å². The number of nitrogens with one attached hydrogen (secondary N) is 1. The van der Waals surface area contributed by atoms with Crippen LogP contribution in [0.4, 0.5) is 5.69 Å². The first kappa shape index (κ1) is 11.8. The van der Waals surface area contributed by atoms with Gasteiger partial charge in [0.25, 0.3) is 0 Å². The molecule has 0 aliphatic rings. The van der Waals surface area contributed by atoms with E-state index in [-0.39, 0.29) is 12.3 Å². The summed E-state index contributed by atoms with van der Waals surface area (Å²) in [6.45, 7) is 1.89. The van der Waals surface area contributed by atoms with E-state index in [0.29, 0.717) is 5.69 Å². The first-order chi connectivity index (χ1) is 8.70. The van der Waals surface area contributed by atoms with Crippen LogP contribution < -0.4 is 5.32 Å². The van der Waals surface area contributed by atoms with Gasteiger partial charge in [-0.15, -0.1) is 10.2 Å². The number of aryl methyl sites for hydroxylation is 1. The molecule has 6 nitrogen and oxygen atoms in total. The molecule has 2 rings (SSSR count). The highest BCUT2D eigenvalue weighted by molar-refractivity contribution is 5.93. The second-order valence-corrected chi connectivity index (χ2v) is 3.75. The molecule has 1 amide bonds. The van der Waals surface area contributed by atoms with Crippen LogP contribution in [0.2, 0.25) is 0 Å². The van der Waals surface area contributed by atoms with Crippen LogP contribution in [0.5, 0.6) is 0 Å². The van der Waals surface area contributed by atoms with E-state index in [4.69, 9.17) is 5.26 Å². The van der Waals surface area contributed by atoms with Gasteiger partial charge in [-0.3, -0.25) is 9.36 Å². The van der Waals surface area contributed by atoms with Crippen molar-refractivity contribution in [1.82, 2.24) is 14.8 Å². The first-order valence-electron chi connectivity index (χ1n) is 5.33. The average molecular weight is 241 g/mol. The van der Waals surface area contributed by atoms with Crippen LogP contribution >= 0.6 is 0 Å². The number of rotatable bonds is 3. The van der Waals surface area contributed by atoms with Gasteiger partial charge in [-0.05, 0) is 24.6 Å². The second kappa shape index (κ2) is 5.10. The van der Waals surface area contributed by atoms with Crippen molar-refractivity contribution in [2.75, 3.05) is 5.32 Å². The number of benzene rings is 1. The Morgan fingerprint density at radius 2 is 2.17 bits per heavy atom. The molecule has 0 spiro atoms. The maximum Gasteiger partial charge on any atom is 0.238 e. The topological polar surface area (TPSA) is 83.6 Å². The zero-order chi connectivity index (χ0) is 13.0. The fourth-order valence-electron chi connectivity index (χ4n) is 1.51. The molecule has 6 heteroatoms. The highest BCUT2D eigenvalue weighted by Gasteiger charge is 2.06. The summed E-state index contributed by atoms with van der Waals surface area (Å²) in [5.74, 6) is -0.318. The predicted molar refractivity (Wildman–Crippen MR) is 65.0 cm³/mol. The largest absolute Gasteiger partial charge is 0.325 e. The second-order valence-electron chi connectivity index (χ2n) is 3.75. The van der Waals surface area contributed by atoms with Crippen LogP contribution in [0.3, 0.4) is 0 Å². The molecule has 0 saturated heterocycles. The van der Waals surface area contributed by atoms with Gasteiger partial charge in [0.15, 0.2) is 0 Å². The number of carbonyl (C=O) groups excluding carboxylic acids is 1. The van der Waals surface area contributed by atoms with E-state index in [9.17, 15) is 4.79 Å². The Morgan fingerprint density at radius 3 is 2.83 bits per heavy atom. The van der Waals surface area contributed by atoms with Gasteiger partial charge in [0.05, 0.1) is 11.8 Å². The molecule has 1 N–H and O–H groups in total. The zero-order valence-electron chi connectivity index (χ0n) is 9.79. The molecule has 0 fully saturated rings. The molecule has 90 valence electrons. The number of aromatic nitrogens is 3. The van der Waals surface area contributed by atoms with Crippen LogP contribution in [0.15, 0.2) is 30.9 Å². The quantitative estimate of drug-likeness (QED) is 0.880. The minimum atomic E-state index is -0.318. The normalized spacial score (nSPS) is 9.78. The maximum absolute atomic E-state index is 11.4. The Hall–Kier alpha value is -2.68. The van der Waals surface area contributed by atoms with Gasteiger partial charge in [0.2, 0.25) is 5.91 Å². The van der Waals surface area contributed by atoms with Crippen molar-refractivity contribution < 1.29 is 4.79 Å². The van der Waals surface area contributed by atoms with Gasteiger partial charge >= 0.3 is 0 Å². The highest BCUT2D eigenvalue weighted by atomic mass is 16.1. The van der Waals surface area contributed by atoms with Crippen LogP contribution in [0.25, 0.3) is 5.69 Å². The Kier molecular flexibility index (Phi) is 3.34. The van der Waals surface area contributed by atoms with Gasteiger partial charge in [-0.25, -0.2) is 0 Å². The van der Waals surface area contributed by atoms with Crippen molar-refractivity contribution in [2.24, 2.45) is 0 Å². The summed E-state index contributed by atoms with van der Waals surface area (Å²) >= 11 is 0. The summed E-state index contributed by atoms with van der Waals surface area (Å²) in [6, 6.07) is 7.41. The van der Waals surface area contributed by atoms with Gasteiger partial charge in [-0.2, -0.15) is 5.26 Å². The molecule has 1 aromatic carbocycles. The van der Waals surface area contributed by atoms with E-state index in [1.165, 1.54) is 0 Å². The summed E-state index contributed by atoms with van der Waals surface area (Å²) < 4.78 is 1.74. The third-order valence-corrected chi connectivity index (χ3v) is 2.45. The van der Waals surface area contributed by atoms with Crippen molar-refractivity contribution in [3.8, 4) is 11.8 Å². The molecule has 1 heterocycles. The van der Waals surface area contributed by atoms with E-state index in [1.54, 1.807) is 17.2 Å². The lowest BCUT2D eigenvalue weighted by Gasteiger charge is -2.09. The number of anilines is 1. The van der Waals surface area contributed by atoms with Crippen LogP contribution in [0, 0.1) is 18.3 Å². The zero-order valence-corrected chi connectivity index (χ0v) is 9.79. The van der Waals surface area contributed by atoms with Gasteiger partial charge < -0.3 is 5.32 Å². The molecule has 0 radical (unpaired) electrons. The third kappa shape index (κ3) is 2.52. The summed E-state index contributed by atoms with van der Waals surface area (Å²) in [5.41, 5.74) is 2.46. The minimum absolute atomic E-state index is 0.156. The van der Waals surface area contributed by atoms with E-state index in [0.717, 1.165) is 11.3 Å². The van der Waals surface area contributed by atoms with Gasteiger partial charge in [0, 0.05) is 5.69 Å². The van der Waals surface area contributed by atoms with Crippen LogP contribution in [0.1, 0.15) is 12.0 Å². The van der Waals surface area contributed by atoms with E-state index in [1.807, 2.05) is 31.2 Å². The molecule has 0 aliphatic carbocycles. The average Bonchev–Trinajstić information content (AvgIpc) is 2.86. The van der Waals surface area contributed by atoms with E-state index in [2.05, 4.69) is 15.5 Å². The molecule has 0 saturated carbocycles. The minimum Gasteiger partial charge on any atom is -0.325 e. The van der Waals surface area contributed by atoms with E-state index < -0.39 is 0 Å². The monoisotopic (exact) mass is 241 g/mol. The SMILES string of the molecule is Cc1ccc(-n2cnnc2)cc1NC(=O)CC#N. The lowest BCUT2D eigenvalue weighted by Crippen LogP contribution is -2.11. The highest BCUT2D eigenvalue weighted by Crippen LogP contribution is 2.19. The third-order valence-electron chi connectivity index (χ3n) is 2.45. The number of hydrogen-bond acceptors (Lipinski definition) is 4. The van der Waals surface area contributed by atoms with Crippen molar-refractivity contribution in [2.45, 2.75) is 13.3 Å². The van der Waals surface area contributed by atoms with Crippen LogP contribution in [-0.2, 0) is 4.79 Å². The molecular formula is C12H11N5O. The Bertz CT molecular complexity index is 597. The smallest absolute Gasteiger partial charge is 0.238 e. The molecule has 1 aromatic heterocycles. The molecule has 2 aromatic rings. The maximum atomic E-state index is 11.4.